The molecule has 2 N–H and O–H groups in total. The van der Waals surface area contributed by atoms with Crippen molar-refractivity contribution in [1.29, 1.82) is 0 Å². The second-order valence-electron chi connectivity index (χ2n) is 6.31. The largest absolute Gasteiger partial charge is 0.384 e. The Balaban J connectivity index is 2.22. The van der Waals surface area contributed by atoms with E-state index in [9.17, 15) is 18.0 Å². The zero-order valence-corrected chi connectivity index (χ0v) is 17.6. The summed E-state index contributed by atoms with van der Waals surface area (Å²) in [5, 5.41) is -0.230. The number of rotatable bonds is 4. The van der Waals surface area contributed by atoms with Crippen molar-refractivity contribution in [3.8, 4) is 0 Å². The van der Waals surface area contributed by atoms with Crippen molar-refractivity contribution in [1.82, 2.24) is 13.8 Å². The highest BCUT2D eigenvalue weighted by Gasteiger charge is 2.26. The number of nitrogen functional groups attached to an aromatic ring is 1. The molecule has 0 unspecified atom stereocenters. The molecule has 0 saturated carbocycles. The van der Waals surface area contributed by atoms with Crippen LogP contribution in [0.5, 0.6) is 0 Å². The van der Waals surface area contributed by atoms with Crippen molar-refractivity contribution in [3.63, 3.8) is 0 Å². The van der Waals surface area contributed by atoms with Gasteiger partial charge in [0.1, 0.15) is 5.82 Å². The predicted octanol–water partition coefficient (Wildman–Crippen LogP) is 1.96. The minimum atomic E-state index is -3.70. The van der Waals surface area contributed by atoms with Gasteiger partial charge >= 0.3 is 0 Å². The van der Waals surface area contributed by atoms with Gasteiger partial charge in [-0.25, -0.2) is 12.8 Å². The van der Waals surface area contributed by atoms with Gasteiger partial charge in [-0.1, -0.05) is 19.9 Å². The summed E-state index contributed by atoms with van der Waals surface area (Å²) in [5.74, 6) is -0.471. The van der Waals surface area contributed by atoms with E-state index in [0.717, 1.165) is 11.5 Å². The first-order valence-corrected chi connectivity index (χ1v) is 11.0. The third kappa shape index (κ3) is 3.80. The number of hydrogen-bond acceptors (Lipinski definition) is 8. The summed E-state index contributed by atoms with van der Waals surface area (Å²) < 4.78 is 30.7. The van der Waals surface area contributed by atoms with Gasteiger partial charge in [0.25, 0.3) is 5.56 Å². The second-order valence-corrected chi connectivity index (χ2v) is 9.82. The number of carbonyl (C=O) groups excluding carboxylic acids is 1. The first-order valence-electron chi connectivity index (χ1n) is 7.82. The SMILES string of the molecule is CC(C)CS(=O)(=O)c1nsc2nc(=O)c(/C=C3\C=CC(=O)C(Br)=C3)c(N)n12. The smallest absolute Gasteiger partial charge is 0.283 e. The summed E-state index contributed by atoms with van der Waals surface area (Å²) in [6, 6.07) is 0. The number of fused-ring (bicyclic) bond motifs is 1. The monoisotopic (exact) mass is 470 g/mol. The Morgan fingerprint density at radius 3 is 2.67 bits per heavy atom. The van der Waals surface area contributed by atoms with Crippen LogP contribution in [0, 0.1) is 5.92 Å². The van der Waals surface area contributed by atoms with Crippen molar-refractivity contribution in [2.24, 2.45) is 5.92 Å². The maximum atomic E-state index is 12.6. The quantitative estimate of drug-likeness (QED) is 0.723. The Morgan fingerprint density at radius 2 is 2.04 bits per heavy atom. The molecule has 0 saturated heterocycles. The number of halogens is 1. The standard InChI is InChI=1S/C16H15BrN4O4S2/c1-8(2)7-27(24,25)16-20-26-15-19-14(23)10(13(18)21(15)16)5-9-3-4-12(22)11(17)6-9/h3-6,8H,7,18H2,1-2H3/b9-5+. The molecule has 2 heterocycles. The summed E-state index contributed by atoms with van der Waals surface area (Å²) in [7, 11) is -3.70. The fourth-order valence-corrected chi connectivity index (χ4v) is 5.66. The fraction of sp³-hybridized carbons (Fsp3) is 0.250. The highest BCUT2D eigenvalue weighted by Crippen LogP contribution is 2.24. The number of nitrogens with zero attached hydrogens (tertiary/aromatic N) is 3. The van der Waals surface area contributed by atoms with Crippen LogP contribution in [0.15, 0.2) is 38.2 Å². The van der Waals surface area contributed by atoms with Crippen LogP contribution in [-0.4, -0.2) is 33.7 Å². The molecule has 2 aromatic heterocycles. The van der Waals surface area contributed by atoms with E-state index in [1.54, 1.807) is 19.9 Å². The van der Waals surface area contributed by atoms with Crippen LogP contribution >= 0.6 is 27.5 Å². The number of allylic oxidation sites excluding steroid dienone is 5. The molecular formula is C16H15BrN4O4S2. The molecule has 27 heavy (non-hydrogen) atoms. The molecule has 142 valence electrons. The van der Waals surface area contributed by atoms with Gasteiger partial charge in [-0.15, -0.1) is 0 Å². The molecule has 1 aliphatic rings. The first-order chi connectivity index (χ1) is 12.6. The van der Waals surface area contributed by atoms with Crippen LogP contribution in [0.3, 0.4) is 0 Å². The zero-order valence-electron chi connectivity index (χ0n) is 14.3. The molecule has 2 aromatic rings. The van der Waals surface area contributed by atoms with Gasteiger partial charge in [-0.05, 0) is 45.6 Å². The van der Waals surface area contributed by atoms with Crippen LogP contribution in [0.25, 0.3) is 11.0 Å². The molecule has 8 nitrogen and oxygen atoms in total. The Hall–Kier alpha value is -2.11. The number of hydrogen-bond donors (Lipinski definition) is 1. The van der Waals surface area contributed by atoms with Crippen LogP contribution in [0.1, 0.15) is 19.4 Å². The normalized spacial score (nSPS) is 16.5. The summed E-state index contributed by atoms with van der Waals surface area (Å²) in [5.41, 5.74) is 6.09. The lowest BCUT2D eigenvalue weighted by molar-refractivity contribution is -0.110. The van der Waals surface area contributed by atoms with E-state index in [0.29, 0.717) is 10.1 Å². The van der Waals surface area contributed by atoms with Crippen molar-refractivity contribution in [2.45, 2.75) is 19.0 Å². The summed E-state index contributed by atoms with van der Waals surface area (Å²) in [6.45, 7) is 3.57. The van der Waals surface area contributed by atoms with Crippen LogP contribution < -0.4 is 11.3 Å². The molecule has 3 rings (SSSR count). The summed E-state index contributed by atoms with van der Waals surface area (Å²) in [6.07, 6.45) is 5.87. The maximum Gasteiger partial charge on any atom is 0.283 e. The summed E-state index contributed by atoms with van der Waals surface area (Å²) in [4.78, 5) is 27.9. The number of anilines is 1. The highest BCUT2D eigenvalue weighted by molar-refractivity contribution is 9.12. The van der Waals surface area contributed by atoms with Gasteiger partial charge in [0, 0.05) is 11.5 Å². The van der Waals surface area contributed by atoms with Gasteiger partial charge in [0.05, 0.1) is 15.8 Å². The molecular weight excluding hydrogens is 456 g/mol. The van der Waals surface area contributed by atoms with Crippen molar-refractivity contribution in [3.05, 3.63) is 44.2 Å². The van der Waals surface area contributed by atoms with Gasteiger partial charge in [0.15, 0.2) is 5.78 Å². The van der Waals surface area contributed by atoms with Gasteiger partial charge < -0.3 is 5.73 Å². The van der Waals surface area contributed by atoms with Crippen molar-refractivity contribution in [2.75, 3.05) is 11.5 Å². The van der Waals surface area contributed by atoms with Gasteiger partial charge in [-0.2, -0.15) is 9.36 Å². The van der Waals surface area contributed by atoms with Crippen LogP contribution in [0.4, 0.5) is 5.82 Å². The predicted molar refractivity (Wildman–Crippen MR) is 108 cm³/mol. The molecule has 0 spiro atoms. The second kappa shape index (κ2) is 7.13. The minimum Gasteiger partial charge on any atom is -0.384 e. The summed E-state index contributed by atoms with van der Waals surface area (Å²) >= 11 is 3.94. The Bertz CT molecular complexity index is 1200. The molecule has 0 fully saturated rings. The van der Waals surface area contributed by atoms with E-state index in [-0.39, 0.29) is 39.0 Å². The first kappa shape index (κ1) is 19.6. The van der Waals surface area contributed by atoms with Crippen LogP contribution in [-0.2, 0) is 14.6 Å². The fourth-order valence-electron chi connectivity index (χ4n) is 2.52. The number of ketones is 1. The molecule has 0 radical (unpaired) electrons. The van der Waals surface area contributed by atoms with Gasteiger partial charge in [-0.3, -0.25) is 9.59 Å². The van der Waals surface area contributed by atoms with Crippen molar-refractivity contribution < 1.29 is 13.2 Å². The Morgan fingerprint density at radius 1 is 1.33 bits per heavy atom. The molecule has 11 heteroatoms. The molecule has 0 amide bonds. The maximum absolute atomic E-state index is 12.6. The zero-order chi connectivity index (χ0) is 19.9. The van der Waals surface area contributed by atoms with E-state index >= 15 is 0 Å². The van der Waals surface area contributed by atoms with E-state index in [4.69, 9.17) is 5.73 Å². The number of nitrogens with two attached hydrogens (primary N) is 1. The molecule has 0 aromatic carbocycles. The Kier molecular flexibility index (Phi) is 5.19. The average molecular weight is 471 g/mol. The Labute approximate surface area is 167 Å². The number of aromatic nitrogens is 3. The third-order valence-electron chi connectivity index (χ3n) is 3.63. The molecule has 1 aliphatic carbocycles. The van der Waals surface area contributed by atoms with E-state index in [2.05, 4.69) is 25.3 Å². The highest BCUT2D eigenvalue weighted by atomic mass is 79.9. The molecule has 0 atom stereocenters. The molecule has 0 aliphatic heterocycles. The van der Waals surface area contributed by atoms with E-state index < -0.39 is 15.4 Å². The lowest BCUT2D eigenvalue weighted by Gasteiger charge is -2.09. The minimum absolute atomic E-state index is 0.0271. The van der Waals surface area contributed by atoms with Crippen LogP contribution in [0.2, 0.25) is 0 Å². The molecule has 0 bridgehead atoms. The number of carbonyl (C=O) groups is 1. The van der Waals surface area contributed by atoms with Crippen molar-refractivity contribution >= 4 is 59.9 Å². The lowest BCUT2D eigenvalue weighted by atomic mass is 10.1. The lowest BCUT2D eigenvalue weighted by Crippen LogP contribution is -2.20. The number of sulfone groups is 1. The average Bonchev–Trinajstić information content (AvgIpc) is 2.98. The van der Waals surface area contributed by atoms with E-state index in [1.165, 1.54) is 22.6 Å². The third-order valence-corrected chi connectivity index (χ3v) is 7.00. The van der Waals surface area contributed by atoms with E-state index in [1.807, 2.05) is 0 Å². The van der Waals surface area contributed by atoms with Gasteiger partial charge in [0.2, 0.25) is 20.0 Å². The topological polar surface area (TPSA) is 124 Å².